The maximum Gasteiger partial charge on any atom is 0.410 e. The van der Waals surface area contributed by atoms with Gasteiger partial charge in [0.2, 0.25) is 10.0 Å². The summed E-state index contributed by atoms with van der Waals surface area (Å²) < 4.78 is 32.8. The number of hydrogen-bond acceptors (Lipinski definition) is 6. The third-order valence-corrected chi connectivity index (χ3v) is 7.67. The number of nitrogens with one attached hydrogen (secondary N) is 2. The van der Waals surface area contributed by atoms with Crippen molar-refractivity contribution in [3.63, 3.8) is 0 Å². The molecule has 0 bridgehead atoms. The fourth-order valence-corrected chi connectivity index (χ4v) is 5.32. The maximum atomic E-state index is 13.1. The molecule has 1 fully saturated rings. The lowest BCUT2D eigenvalue weighted by Crippen LogP contribution is -2.51. The van der Waals surface area contributed by atoms with Crippen LogP contribution in [-0.4, -0.2) is 71.4 Å². The first-order chi connectivity index (χ1) is 15.4. The number of anilines is 1. The van der Waals surface area contributed by atoms with Gasteiger partial charge in [0, 0.05) is 49.1 Å². The van der Waals surface area contributed by atoms with Gasteiger partial charge in [-0.05, 0) is 39.0 Å². The van der Waals surface area contributed by atoms with Crippen LogP contribution in [0.15, 0.2) is 29.3 Å². The Morgan fingerprint density at radius 1 is 1.24 bits per heavy atom. The SMILES string of the molecule is CC(C)(C)OC(=O)N1CCN(S(=O)(=O)c2ccc(NC(=O)c3ncc(CBr)[nH]3)cc2Cl)CC1. The number of piperazine rings is 1. The van der Waals surface area contributed by atoms with Crippen molar-refractivity contribution in [2.24, 2.45) is 0 Å². The summed E-state index contributed by atoms with van der Waals surface area (Å²) in [5.74, 6) is -0.354. The predicted octanol–water partition coefficient (Wildman–Crippen LogP) is 3.45. The normalized spacial score (nSPS) is 15.4. The second-order valence-electron chi connectivity index (χ2n) is 8.36. The third kappa shape index (κ3) is 6.25. The van der Waals surface area contributed by atoms with E-state index in [0.717, 1.165) is 5.69 Å². The van der Waals surface area contributed by atoms with E-state index in [-0.39, 0.29) is 41.9 Å². The Morgan fingerprint density at radius 3 is 2.45 bits per heavy atom. The van der Waals surface area contributed by atoms with E-state index in [9.17, 15) is 18.0 Å². The summed E-state index contributed by atoms with van der Waals surface area (Å²) >= 11 is 9.54. The number of ether oxygens (including phenoxy) is 1. The molecule has 180 valence electrons. The summed E-state index contributed by atoms with van der Waals surface area (Å²) in [5, 5.41) is 3.13. The van der Waals surface area contributed by atoms with Crippen LogP contribution in [0.5, 0.6) is 0 Å². The molecule has 0 aliphatic carbocycles. The van der Waals surface area contributed by atoms with Gasteiger partial charge in [-0.25, -0.2) is 18.2 Å². The zero-order valence-electron chi connectivity index (χ0n) is 18.4. The molecule has 1 aromatic carbocycles. The molecule has 0 radical (unpaired) electrons. The number of alkyl halides is 1. The molecule has 1 saturated heterocycles. The molecule has 1 aliphatic heterocycles. The average Bonchev–Trinajstić information content (AvgIpc) is 3.22. The summed E-state index contributed by atoms with van der Waals surface area (Å²) in [6.07, 6.45) is 1.06. The Bertz CT molecular complexity index is 1140. The van der Waals surface area contributed by atoms with Crippen molar-refractivity contribution in [2.45, 2.75) is 36.6 Å². The van der Waals surface area contributed by atoms with Gasteiger partial charge in [0.1, 0.15) is 10.5 Å². The van der Waals surface area contributed by atoms with Crippen molar-refractivity contribution in [1.29, 1.82) is 0 Å². The Labute approximate surface area is 205 Å². The molecule has 2 heterocycles. The predicted molar refractivity (Wildman–Crippen MR) is 127 cm³/mol. The molecule has 0 saturated carbocycles. The van der Waals surface area contributed by atoms with Crippen LogP contribution < -0.4 is 5.32 Å². The third-order valence-electron chi connectivity index (χ3n) is 4.69. The van der Waals surface area contributed by atoms with Crippen molar-refractivity contribution in [1.82, 2.24) is 19.2 Å². The topological polar surface area (TPSA) is 125 Å². The van der Waals surface area contributed by atoms with E-state index < -0.39 is 27.6 Å². The number of amides is 2. The fraction of sp³-hybridized carbons (Fsp3) is 0.450. The zero-order valence-corrected chi connectivity index (χ0v) is 21.6. The maximum absolute atomic E-state index is 13.1. The number of aromatic amines is 1. The highest BCUT2D eigenvalue weighted by molar-refractivity contribution is 9.08. The monoisotopic (exact) mass is 561 g/mol. The quantitative estimate of drug-likeness (QED) is 0.538. The van der Waals surface area contributed by atoms with Crippen molar-refractivity contribution < 1.29 is 22.7 Å². The Kier molecular flexibility index (Phi) is 7.72. The Morgan fingerprint density at radius 2 is 1.91 bits per heavy atom. The summed E-state index contributed by atoms with van der Waals surface area (Å²) in [6, 6.07) is 4.18. The lowest BCUT2D eigenvalue weighted by molar-refractivity contribution is 0.0192. The summed E-state index contributed by atoms with van der Waals surface area (Å²) in [4.78, 5) is 32.8. The number of H-pyrrole nitrogens is 1. The zero-order chi connectivity index (χ0) is 24.4. The van der Waals surface area contributed by atoms with Gasteiger partial charge in [0.25, 0.3) is 5.91 Å². The van der Waals surface area contributed by atoms with Crippen LogP contribution in [0, 0.1) is 0 Å². The molecule has 2 aromatic rings. The van der Waals surface area contributed by atoms with Gasteiger partial charge in [-0.2, -0.15) is 4.31 Å². The van der Waals surface area contributed by atoms with Gasteiger partial charge in [0.05, 0.1) is 5.02 Å². The number of nitrogens with zero attached hydrogens (tertiary/aromatic N) is 3. The van der Waals surface area contributed by atoms with Crippen LogP contribution >= 0.6 is 27.5 Å². The number of carbonyl (C=O) groups is 2. The molecule has 0 spiro atoms. The van der Waals surface area contributed by atoms with E-state index in [1.54, 1.807) is 20.8 Å². The number of halogens is 2. The molecule has 2 N–H and O–H groups in total. The average molecular weight is 563 g/mol. The van der Waals surface area contributed by atoms with Gasteiger partial charge in [-0.3, -0.25) is 4.79 Å². The molecule has 0 atom stereocenters. The first-order valence-corrected chi connectivity index (χ1v) is 13.0. The minimum Gasteiger partial charge on any atom is -0.444 e. The van der Waals surface area contributed by atoms with E-state index in [1.807, 2.05) is 0 Å². The van der Waals surface area contributed by atoms with Crippen molar-refractivity contribution >= 4 is 55.2 Å². The van der Waals surface area contributed by atoms with Crippen LogP contribution in [0.1, 0.15) is 37.1 Å². The van der Waals surface area contributed by atoms with Gasteiger partial charge in [-0.15, -0.1) is 0 Å². The molecule has 0 unspecified atom stereocenters. The molecule has 10 nitrogen and oxygen atoms in total. The fourth-order valence-electron chi connectivity index (χ4n) is 3.10. The van der Waals surface area contributed by atoms with Gasteiger partial charge < -0.3 is 19.9 Å². The second kappa shape index (κ2) is 10.00. The highest BCUT2D eigenvalue weighted by Crippen LogP contribution is 2.28. The molecule has 33 heavy (non-hydrogen) atoms. The smallest absolute Gasteiger partial charge is 0.410 e. The summed E-state index contributed by atoms with van der Waals surface area (Å²) in [5.41, 5.74) is 0.444. The number of hydrogen-bond donors (Lipinski definition) is 2. The standard InChI is InChI=1S/C20H25BrClN5O5S/c1-20(2,3)32-19(29)26-6-8-27(9-7-26)33(30,31)16-5-4-13(10-15(16)22)25-18(28)17-23-12-14(11-21)24-17/h4-5,10,12H,6-9,11H2,1-3H3,(H,23,24)(H,25,28). The number of aromatic nitrogens is 2. The first-order valence-electron chi connectivity index (χ1n) is 10.1. The van der Waals surface area contributed by atoms with Crippen LogP contribution in [0.2, 0.25) is 5.02 Å². The van der Waals surface area contributed by atoms with Gasteiger partial charge in [0.15, 0.2) is 5.82 Å². The van der Waals surface area contributed by atoms with E-state index in [4.69, 9.17) is 16.3 Å². The van der Waals surface area contributed by atoms with E-state index in [1.165, 1.54) is 33.6 Å². The van der Waals surface area contributed by atoms with Crippen LogP contribution in [0.3, 0.4) is 0 Å². The molecule has 1 aromatic heterocycles. The molecule has 2 amide bonds. The number of benzene rings is 1. The highest BCUT2D eigenvalue weighted by Gasteiger charge is 2.33. The molecule has 13 heteroatoms. The lowest BCUT2D eigenvalue weighted by Gasteiger charge is -2.35. The summed E-state index contributed by atoms with van der Waals surface area (Å²) in [7, 11) is -3.89. The minimum absolute atomic E-state index is 0.0250. The molecule has 3 rings (SSSR count). The number of sulfonamides is 1. The Hall–Kier alpha value is -2.15. The first kappa shape index (κ1) is 25.5. The largest absolute Gasteiger partial charge is 0.444 e. The van der Waals surface area contributed by atoms with Gasteiger partial charge >= 0.3 is 6.09 Å². The minimum atomic E-state index is -3.89. The molecular formula is C20H25BrClN5O5S. The summed E-state index contributed by atoms with van der Waals surface area (Å²) in [6.45, 7) is 5.97. The lowest BCUT2D eigenvalue weighted by atomic mass is 10.2. The molecule has 1 aliphatic rings. The number of imidazole rings is 1. The van der Waals surface area contributed by atoms with Crippen molar-refractivity contribution in [3.05, 3.63) is 40.9 Å². The number of carbonyl (C=O) groups excluding carboxylic acids is 2. The van der Waals surface area contributed by atoms with Gasteiger partial charge in [-0.1, -0.05) is 27.5 Å². The van der Waals surface area contributed by atoms with Crippen LogP contribution in [0.4, 0.5) is 10.5 Å². The van der Waals surface area contributed by atoms with Crippen molar-refractivity contribution in [2.75, 3.05) is 31.5 Å². The van der Waals surface area contributed by atoms with Crippen LogP contribution in [0.25, 0.3) is 0 Å². The van der Waals surface area contributed by atoms with Crippen LogP contribution in [-0.2, 0) is 20.1 Å². The Balaban J connectivity index is 1.66. The van der Waals surface area contributed by atoms with E-state index in [0.29, 0.717) is 11.0 Å². The van der Waals surface area contributed by atoms with Crippen molar-refractivity contribution in [3.8, 4) is 0 Å². The van der Waals surface area contributed by atoms with E-state index >= 15 is 0 Å². The highest BCUT2D eigenvalue weighted by atomic mass is 79.9. The number of rotatable bonds is 5. The second-order valence-corrected chi connectivity index (χ2v) is 11.2. The van der Waals surface area contributed by atoms with E-state index in [2.05, 4.69) is 31.2 Å². The molecular weight excluding hydrogens is 538 g/mol.